The summed E-state index contributed by atoms with van der Waals surface area (Å²) in [5.74, 6) is -3.57. The summed E-state index contributed by atoms with van der Waals surface area (Å²) in [5.41, 5.74) is 0. The molecule has 0 radical (unpaired) electrons. The van der Waals surface area contributed by atoms with E-state index in [1.165, 1.54) is 6.92 Å². The molecule has 1 atom stereocenters. The number of halogens is 2. The molecule has 5 nitrogen and oxygen atoms in total. The van der Waals surface area contributed by atoms with Crippen molar-refractivity contribution in [2.75, 3.05) is 0 Å². The molecule has 100 valence electrons. The molecule has 0 saturated carbocycles. The van der Waals surface area contributed by atoms with Gasteiger partial charge in [0.15, 0.2) is 0 Å². The van der Waals surface area contributed by atoms with Crippen molar-refractivity contribution in [2.45, 2.75) is 24.3 Å². The van der Waals surface area contributed by atoms with Crippen LogP contribution < -0.4 is 4.72 Å². The summed E-state index contributed by atoms with van der Waals surface area (Å²) in [4.78, 5) is 9.91. The van der Waals surface area contributed by atoms with Gasteiger partial charge in [0.05, 0.1) is 0 Å². The summed E-state index contributed by atoms with van der Waals surface area (Å²) in [6.07, 6.45) is -0.00260. The smallest absolute Gasteiger partial charge is 0.321 e. The summed E-state index contributed by atoms with van der Waals surface area (Å²) in [5, 5.41) is 8.72. The monoisotopic (exact) mass is 279 g/mol. The highest BCUT2D eigenvalue weighted by atomic mass is 32.2. The van der Waals surface area contributed by atoms with Gasteiger partial charge >= 0.3 is 5.97 Å². The fourth-order valence-corrected chi connectivity index (χ4v) is 2.58. The minimum Gasteiger partial charge on any atom is -0.480 e. The maximum Gasteiger partial charge on any atom is 0.321 e. The van der Waals surface area contributed by atoms with Gasteiger partial charge in [0, 0.05) is 6.07 Å². The molecule has 0 spiro atoms. The largest absolute Gasteiger partial charge is 0.480 e. The van der Waals surface area contributed by atoms with Crippen LogP contribution in [0.1, 0.15) is 13.3 Å². The highest BCUT2D eigenvalue weighted by Crippen LogP contribution is 2.16. The highest BCUT2D eigenvalue weighted by molar-refractivity contribution is 7.89. The summed E-state index contributed by atoms with van der Waals surface area (Å²) in [6.45, 7) is 1.46. The molecule has 0 aromatic heterocycles. The number of benzene rings is 1. The number of sulfonamides is 1. The van der Waals surface area contributed by atoms with Crippen LogP contribution in [0.5, 0.6) is 0 Å². The molecule has 0 amide bonds. The zero-order chi connectivity index (χ0) is 13.9. The Morgan fingerprint density at radius 3 is 2.50 bits per heavy atom. The van der Waals surface area contributed by atoms with E-state index in [9.17, 15) is 22.0 Å². The van der Waals surface area contributed by atoms with Crippen molar-refractivity contribution in [3.8, 4) is 0 Å². The van der Waals surface area contributed by atoms with Crippen molar-refractivity contribution in [3.05, 3.63) is 29.8 Å². The van der Waals surface area contributed by atoms with Gasteiger partial charge in [-0.1, -0.05) is 6.92 Å². The molecule has 0 aliphatic carbocycles. The number of hydrogen-bond acceptors (Lipinski definition) is 3. The molecule has 18 heavy (non-hydrogen) atoms. The Kier molecular flexibility index (Phi) is 4.36. The van der Waals surface area contributed by atoms with Crippen LogP contribution in [-0.2, 0) is 14.8 Å². The van der Waals surface area contributed by atoms with Gasteiger partial charge in [0.1, 0.15) is 22.6 Å². The Morgan fingerprint density at radius 1 is 1.44 bits per heavy atom. The van der Waals surface area contributed by atoms with Crippen molar-refractivity contribution in [2.24, 2.45) is 0 Å². The molecule has 2 N–H and O–H groups in total. The van der Waals surface area contributed by atoms with Gasteiger partial charge in [-0.05, 0) is 18.6 Å². The summed E-state index contributed by atoms with van der Waals surface area (Å²) >= 11 is 0. The molecular formula is C10H11F2NO4S. The Bertz CT molecular complexity index is 559. The second-order valence-corrected chi connectivity index (χ2v) is 5.18. The fourth-order valence-electron chi connectivity index (χ4n) is 1.25. The van der Waals surface area contributed by atoms with Crippen LogP contribution in [0.2, 0.25) is 0 Å². The van der Waals surface area contributed by atoms with E-state index >= 15 is 0 Å². The van der Waals surface area contributed by atoms with Crippen molar-refractivity contribution in [1.82, 2.24) is 4.72 Å². The minimum absolute atomic E-state index is 0.00260. The van der Waals surface area contributed by atoms with E-state index in [4.69, 9.17) is 5.11 Å². The lowest BCUT2D eigenvalue weighted by molar-refractivity contribution is -0.139. The summed E-state index contributed by atoms with van der Waals surface area (Å²) < 4.78 is 51.2. The fraction of sp³-hybridized carbons (Fsp3) is 0.300. The van der Waals surface area contributed by atoms with Gasteiger partial charge < -0.3 is 5.11 Å². The van der Waals surface area contributed by atoms with E-state index in [0.29, 0.717) is 6.07 Å². The number of carbonyl (C=O) groups is 1. The van der Waals surface area contributed by atoms with E-state index in [2.05, 4.69) is 0 Å². The predicted octanol–water partition coefficient (Wildman–Crippen LogP) is 1.11. The van der Waals surface area contributed by atoms with E-state index in [1.807, 2.05) is 4.72 Å². The van der Waals surface area contributed by atoms with E-state index in [1.54, 1.807) is 0 Å². The lowest BCUT2D eigenvalue weighted by atomic mass is 10.2. The Hall–Kier alpha value is -1.54. The number of carboxylic acid groups (broad SMARTS) is 1. The quantitative estimate of drug-likeness (QED) is 0.845. The van der Waals surface area contributed by atoms with E-state index < -0.39 is 38.6 Å². The van der Waals surface area contributed by atoms with Crippen LogP contribution in [0, 0.1) is 11.6 Å². The van der Waals surface area contributed by atoms with E-state index in [-0.39, 0.29) is 6.42 Å². The van der Waals surface area contributed by atoms with Crippen molar-refractivity contribution in [1.29, 1.82) is 0 Å². The Balaban J connectivity index is 3.10. The van der Waals surface area contributed by atoms with Gasteiger partial charge in [-0.15, -0.1) is 0 Å². The lowest BCUT2D eigenvalue weighted by Crippen LogP contribution is -2.40. The number of hydrogen-bond donors (Lipinski definition) is 2. The second kappa shape index (κ2) is 5.40. The standard InChI is InChI=1S/C10H11F2NO4S/c1-2-8(10(14)15)13-18(16,17)9-4-3-6(11)5-7(9)12/h3-5,8,13H,2H2,1H3,(H,14,15)/t8-/m0/s1. The predicted molar refractivity (Wildman–Crippen MR) is 58.4 cm³/mol. The van der Waals surface area contributed by atoms with Crippen LogP contribution >= 0.6 is 0 Å². The molecule has 0 heterocycles. The molecule has 0 saturated heterocycles. The zero-order valence-corrected chi connectivity index (χ0v) is 10.2. The van der Waals surface area contributed by atoms with Gasteiger partial charge in [-0.25, -0.2) is 17.2 Å². The topological polar surface area (TPSA) is 83.5 Å². The minimum atomic E-state index is -4.34. The first kappa shape index (κ1) is 14.5. The summed E-state index contributed by atoms with van der Waals surface area (Å²) in [7, 11) is -4.34. The van der Waals surface area contributed by atoms with Crippen LogP contribution in [0.4, 0.5) is 8.78 Å². The number of carboxylic acids is 1. The molecule has 0 aliphatic heterocycles. The second-order valence-electron chi connectivity index (χ2n) is 3.50. The third-order valence-corrected chi connectivity index (χ3v) is 3.69. The molecule has 1 rings (SSSR count). The SMILES string of the molecule is CC[C@H](NS(=O)(=O)c1ccc(F)cc1F)C(=O)O. The molecule has 0 bridgehead atoms. The average molecular weight is 279 g/mol. The van der Waals surface area contributed by atoms with Gasteiger partial charge in [0.2, 0.25) is 10.0 Å². The average Bonchev–Trinajstić information content (AvgIpc) is 2.24. The molecule has 1 aromatic rings. The molecule has 1 aromatic carbocycles. The molecular weight excluding hydrogens is 268 g/mol. The molecule has 0 unspecified atom stereocenters. The van der Waals surface area contributed by atoms with Gasteiger partial charge in [-0.2, -0.15) is 4.72 Å². The maximum absolute atomic E-state index is 13.3. The normalized spacial score (nSPS) is 13.3. The highest BCUT2D eigenvalue weighted by Gasteiger charge is 2.26. The molecule has 0 fully saturated rings. The summed E-state index contributed by atoms with van der Waals surface area (Å²) in [6, 6.07) is 0.566. The van der Waals surface area contributed by atoms with Crippen molar-refractivity contribution < 1.29 is 27.1 Å². The van der Waals surface area contributed by atoms with Crippen LogP contribution in [-0.4, -0.2) is 25.5 Å². The number of aliphatic carboxylic acids is 1. The van der Waals surface area contributed by atoms with Crippen molar-refractivity contribution in [3.63, 3.8) is 0 Å². The molecule has 0 aliphatic rings. The number of rotatable bonds is 5. The first-order valence-corrected chi connectivity index (χ1v) is 6.46. The first-order valence-electron chi connectivity index (χ1n) is 4.98. The third kappa shape index (κ3) is 3.23. The maximum atomic E-state index is 13.3. The van der Waals surface area contributed by atoms with Crippen molar-refractivity contribution >= 4 is 16.0 Å². The molecule has 8 heteroatoms. The zero-order valence-electron chi connectivity index (χ0n) is 9.35. The number of nitrogens with one attached hydrogen (secondary N) is 1. The van der Waals surface area contributed by atoms with E-state index in [0.717, 1.165) is 12.1 Å². The first-order chi connectivity index (χ1) is 8.27. The lowest BCUT2D eigenvalue weighted by Gasteiger charge is -2.13. The van der Waals surface area contributed by atoms with Gasteiger partial charge in [0.25, 0.3) is 0 Å². The Labute approximate surface area is 102 Å². The van der Waals surface area contributed by atoms with Crippen LogP contribution in [0.15, 0.2) is 23.1 Å². The van der Waals surface area contributed by atoms with Gasteiger partial charge in [-0.3, -0.25) is 4.79 Å². The Morgan fingerprint density at radius 2 is 2.06 bits per heavy atom. The van der Waals surface area contributed by atoms with Crippen LogP contribution in [0.25, 0.3) is 0 Å². The third-order valence-electron chi connectivity index (χ3n) is 2.19. The van der Waals surface area contributed by atoms with Crippen LogP contribution in [0.3, 0.4) is 0 Å².